The Bertz CT molecular complexity index is 2070. The van der Waals surface area contributed by atoms with Gasteiger partial charge in [-0.25, -0.2) is 0 Å². The number of rotatable bonds is 1. The number of hydrazone groups is 1. The minimum Gasteiger partial charge on any atom is -0.258 e. The Morgan fingerprint density at radius 2 is 1.38 bits per heavy atom. The first-order valence-electron chi connectivity index (χ1n) is 14.6. The second kappa shape index (κ2) is 6.45. The van der Waals surface area contributed by atoms with E-state index in [1.54, 1.807) is 22.3 Å². The molecule has 4 aliphatic carbocycles. The lowest BCUT2D eigenvalue weighted by molar-refractivity contribution is -0.750. The summed E-state index contributed by atoms with van der Waals surface area (Å²) in [5.41, 5.74) is 22.1. The summed E-state index contributed by atoms with van der Waals surface area (Å²) >= 11 is 0. The highest BCUT2D eigenvalue weighted by Gasteiger charge is 2.65. The highest BCUT2D eigenvalue weighted by molar-refractivity contribution is 5.79. The summed E-state index contributed by atoms with van der Waals surface area (Å²) in [4.78, 5) is 0. The Hall–Kier alpha value is -4.50. The Morgan fingerprint density at radius 1 is 0.675 bits per heavy atom. The monoisotopic (exact) mass is 512 g/mol. The zero-order chi connectivity index (χ0) is 25.9. The summed E-state index contributed by atoms with van der Waals surface area (Å²) in [5, 5.41) is 6.82. The second-order valence-electron chi connectivity index (χ2n) is 12.6. The SMILES string of the molecule is C=NN1CC23c4c(cccc41)C1c4ccccc4Cc4cc5c(c2c41)C1c2c(cccc2Cc2ccc[n+]3c21)C5. The highest BCUT2D eigenvalue weighted by Crippen LogP contribution is 2.63. The molecule has 40 heavy (non-hydrogen) atoms. The molecular formula is C37H26N3+. The zero-order valence-corrected chi connectivity index (χ0v) is 22.1. The molecule has 3 heterocycles. The van der Waals surface area contributed by atoms with Gasteiger partial charge in [-0.3, -0.25) is 5.01 Å². The molecule has 0 N–H and O–H groups in total. The minimum absolute atomic E-state index is 0.249. The van der Waals surface area contributed by atoms with Crippen molar-refractivity contribution in [3.8, 4) is 0 Å². The number of benzene rings is 4. The van der Waals surface area contributed by atoms with E-state index in [1.807, 2.05) is 0 Å². The molecule has 0 saturated heterocycles. The number of fused-ring (bicyclic) bond motifs is 3. The minimum atomic E-state index is -0.309. The van der Waals surface area contributed by atoms with E-state index in [9.17, 15) is 0 Å². The van der Waals surface area contributed by atoms with Crippen molar-refractivity contribution in [1.29, 1.82) is 0 Å². The van der Waals surface area contributed by atoms with Crippen molar-refractivity contribution in [3.63, 3.8) is 0 Å². The summed E-state index contributed by atoms with van der Waals surface area (Å²) < 4.78 is 2.70. The van der Waals surface area contributed by atoms with E-state index in [0.717, 1.165) is 25.8 Å². The van der Waals surface area contributed by atoms with Gasteiger partial charge in [0.15, 0.2) is 11.9 Å². The van der Waals surface area contributed by atoms with Crippen LogP contribution in [0.25, 0.3) is 0 Å². The van der Waals surface area contributed by atoms with Gasteiger partial charge in [0.1, 0.15) is 6.54 Å². The molecule has 0 saturated carbocycles. The maximum atomic E-state index is 4.64. The number of anilines is 1. The van der Waals surface area contributed by atoms with Crippen LogP contribution in [-0.2, 0) is 24.8 Å². The molecule has 11 rings (SSSR count). The van der Waals surface area contributed by atoms with E-state index in [0.29, 0.717) is 5.92 Å². The van der Waals surface area contributed by atoms with Gasteiger partial charge in [-0.1, -0.05) is 60.7 Å². The van der Waals surface area contributed by atoms with Crippen molar-refractivity contribution in [3.05, 3.63) is 163 Å². The zero-order valence-electron chi connectivity index (χ0n) is 22.1. The summed E-state index contributed by atoms with van der Waals surface area (Å²) in [6, 6.07) is 30.4. The van der Waals surface area contributed by atoms with Gasteiger partial charge < -0.3 is 0 Å². The van der Waals surface area contributed by atoms with Crippen LogP contribution in [0.15, 0.2) is 90.2 Å². The maximum Gasteiger partial charge on any atom is 0.241 e. The molecule has 0 fully saturated rings. The van der Waals surface area contributed by atoms with Crippen molar-refractivity contribution in [2.75, 3.05) is 11.6 Å². The van der Waals surface area contributed by atoms with E-state index in [1.165, 1.54) is 61.5 Å². The van der Waals surface area contributed by atoms with Crippen molar-refractivity contribution in [1.82, 2.24) is 0 Å². The van der Waals surface area contributed by atoms with Crippen LogP contribution >= 0.6 is 0 Å². The Kier molecular flexibility index (Phi) is 3.29. The quantitative estimate of drug-likeness (QED) is 0.198. The fourth-order valence-electron chi connectivity index (χ4n) is 9.93. The van der Waals surface area contributed by atoms with Gasteiger partial charge in [0.05, 0.1) is 17.2 Å². The smallest absolute Gasteiger partial charge is 0.241 e. The molecule has 1 aromatic heterocycles. The van der Waals surface area contributed by atoms with Crippen molar-refractivity contribution >= 4 is 12.4 Å². The highest BCUT2D eigenvalue weighted by atomic mass is 15.5. The van der Waals surface area contributed by atoms with Crippen molar-refractivity contribution in [2.45, 2.75) is 36.6 Å². The number of hydrogen-bond acceptors (Lipinski definition) is 2. The molecule has 188 valence electrons. The van der Waals surface area contributed by atoms with E-state index in [-0.39, 0.29) is 11.5 Å². The van der Waals surface area contributed by atoms with Gasteiger partial charge in [0.25, 0.3) is 0 Å². The van der Waals surface area contributed by atoms with Crippen molar-refractivity contribution in [2.24, 2.45) is 5.10 Å². The molecule has 0 radical (unpaired) electrons. The van der Waals surface area contributed by atoms with E-state index >= 15 is 0 Å². The number of pyridine rings is 1. The van der Waals surface area contributed by atoms with Gasteiger partial charge in [-0.05, 0) is 80.6 Å². The van der Waals surface area contributed by atoms with Crippen LogP contribution in [0.2, 0.25) is 0 Å². The van der Waals surface area contributed by atoms with Crippen molar-refractivity contribution < 1.29 is 4.57 Å². The van der Waals surface area contributed by atoms with Crippen LogP contribution in [0, 0.1) is 0 Å². The summed E-state index contributed by atoms with van der Waals surface area (Å²) in [6.07, 6.45) is 5.42. The molecule has 1 spiro atoms. The van der Waals surface area contributed by atoms with Gasteiger partial charge in [0.2, 0.25) is 5.54 Å². The Labute approximate surface area is 233 Å². The maximum absolute atomic E-state index is 4.64. The molecule has 6 aliphatic rings. The third-order valence-corrected chi connectivity index (χ3v) is 11.1. The van der Waals surface area contributed by atoms with Crippen LogP contribution < -0.4 is 9.58 Å². The number of hydrogen-bond donors (Lipinski definition) is 0. The predicted molar refractivity (Wildman–Crippen MR) is 156 cm³/mol. The molecule has 2 aliphatic heterocycles. The van der Waals surface area contributed by atoms with E-state index < -0.39 is 0 Å². The van der Waals surface area contributed by atoms with Crippen LogP contribution in [0.4, 0.5) is 5.69 Å². The molecule has 4 aromatic carbocycles. The molecule has 3 heteroatoms. The molecule has 3 unspecified atom stereocenters. The normalized spacial score (nSPS) is 23.8. The fourth-order valence-corrected chi connectivity index (χ4v) is 9.93. The van der Waals surface area contributed by atoms with Gasteiger partial charge in [0, 0.05) is 36.2 Å². The third-order valence-electron chi connectivity index (χ3n) is 11.1. The van der Waals surface area contributed by atoms with Gasteiger partial charge in [-0.15, -0.1) is 0 Å². The molecule has 3 nitrogen and oxygen atoms in total. The van der Waals surface area contributed by atoms with Gasteiger partial charge in [-0.2, -0.15) is 9.67 Å². The largest absolute Gasteiger partial charge is 0.258 e. The first-order chi connectivity index (χ1) is 19.8. The lowest BCUT2D eigenvalue weighted by Crippen LogP contribution is -2.67. The van der Waals surface area contributed by atoms with Crippen LogP contribution in [0.1, 0.15) is 89.9 Å². The average Bonchev–Trinajstić information content (AvgIpc) is 3.33. The Balaban J connectivity index is 1.39. The van der Waals surface area contributed by atoms with E-state index in [4.69, 9.17) is 0 Å². The van der Waals surface area contributed by atoms with E-state index in [2.05, 4.69) is 106 Å². The number of aromatic nitrogens is 1. The lowest BCUT2D eigenvalue weighted by atomic mass is 9.55. The van der Waals surface area contributed by atoms with Crippen LogP contribution in [0.5, 0.6) is 0 Å². The topological polar surface area (TPSA) is 19.5 Å². The van der Waals surface area contributed by atoms with Crippen LogP contribution in [-0.4, -0.2) is 13.3 Å². The lowest BCUT2D eigenvalue weighted by Gasteiger charge is -2.48. The molecule has 0 bridgehead atoms. The molecular weight excluding hydrogens is 486 g/mol. The number of nitrogens with zero attached hydrogens (tertiary/aromatic N) is 3. The first-order valence-corrected chi connectivity index (χ1v) is 14.6. The third kappa shape index (κ3) is 1.99. The molecule has 0 amide bonds. The Morgan fingerprint density at radius 3 is 2.25 bits per heavy atom. The summed E-state index contributed by atoms with van der Waals surface area (Å²) in [7, 11) is 0. The predicted octanol–water partition coefficient (Wildman–Crippen LogP) is 5.90. The molecule has 3 atom stereocenters. The van der Waals surface area contributed by atoms with Gasteiger partial charge >= 0.3 is 0 Å². The summed E-state index contributed by atoms with van der Waals surface area (Å²) in [5.74, 6) is 0.543. The summed E-state index contributed by atoms with van der Waals surface area (Å²) in [6.45, 7) is 4.86. The molecule has 5 aromatic rings. The first kappa shape index (κ1) is 20.4. The fraction of sp³-hybridized carbons (Fsp3) is 0.189. The standard InChI is InChI=1S/C37H26N3/c1-38-40-19-37-34-27(12-5-13-28(34)40)32-26-11-3-2-7-20(26)15-24-18-25-17-22-9-4-8-21-16-23-10-6-14-39(37)36(23)33(29(21)22)31(25)35(37)30(24)32/h2-14,18,32-33H,1,15-17,19H2/q+1. The second-order valence-corrected chi connectivity index (χ2v) is 12.6. The van der Waals surface area contributed by atoms with Crippen LogP contribution in [0.3, 0.4) is 0 Å². The average molecular weight is 513 g/mol.